The van der Waals surface area contributed by atoms with Crippen LogP contribution in [-0.4, -0.2) is 55.5 Å². The third-order valence-electron chi connectivity index (χ3n) is 12.7. The number of pyridine rings is 1. The van der Waals surface area contributed by atoms with Gasteiger partial charge in [-0.05, 0) is 123 Å². The van der Waals surface area contributed by atoms with Gasteiger partial charge < -0.3 is 14.7 Å². The molecule has 0 saturated heterocycles. The second kappa shape index (κ2) is 12.7. The molecule has 1 aliphatic heterocycles. The highest BCUT2D eigenvalue weighted by Gasteiger charge is 2.66. The Kier molecular flexibility index (Phi) is 8.22. The minimum absolute atomic E-state index is 0.0457. The van der Waals surface area contributed by atoms with E-state index in [0.29, 0.717) is 47.2 Å². The maximum Gasteiger partial charge on any atom is 0.355 e. The van der Waals surface area contributed by atoms with E-state index in [9.17, 15) is 20.0 Å². The van der Waals surface area contributed by atoms with Crippen molar-refractivity contribution in [2.24, 2.45) is 16.2 Å². The summed E-state index contributed by atoms with van der Waals surface area (Å²) in [6, 6.07) is 17.1. The van der Waals surface area contributed by atoms with E-state index in [-0.39, 0.29) is 33.4 Å². The van der Waals surface area contributed by atoms with Crippen LogP contribution in [0.15, 0.2) is 54.7 Å². The fourth-order valence-electron chi connectivity index (χ4n) is 11.9. The number of thiazole rings is 1. The van der Waals surface area contributed by atoms with Crippen LogP contribution in [0.25, 0.3) is 21.3 Å². The Morgan fingerprint density at radius 1 is 0.982 bits per heavy atom. The number of hydrogen-bond acceptors (Lipinski definition) is 9. The van der Waals surface area contributed by atoms with Gasteiger partial charge in [0.2, 0.25) is 0 Å². The third kappa shape index (κ3) is 6.08. The zero-order valence-electron chi connectivity index (χ0n) is 31.7. The molecule has 2 atom stereocenters. The van der Waals surface area contributed by atoms with Crippen molar-refractivity contribution in [3.8, 4) is 17.2 Å². The van der Waals surface area contributed by atoms with Gasteiger partial charge >= 0.3 is 5.97 Å². The molecule has 5 aromatic rings. The number of anilines is 2. The smallest absolute Gasteiger partial charge is 0.355 e. The summed E-state index contributed by atoms with van der Waals surface area (Å²) in [5.74, 6) is -0.939. The number of aromatic nitrogens is 4. The van der Waals surface area contributed by atoms with E-state index >= 15 is 0 Å². The van der Waals surface area contributed by atoms with Crippen LogP contribution in [0.5, 0.6) is 0 Å². The van der Waals surface area contributed by atoms with Gasteiger partial charge in [-0.2, -0.15) is 10.4 Å². The third-order valence-corrected chi connectivity index (χ3v) is 13.6. The minimum atomic E-state index is -1.12. The van der Waals surface area contributed by atoms with Gasteiger partial charge in [0.05, 0.1) is 33.6 Å². The largest absolute Gasteiger partial charge is 0.476 e. The molecule has 282 valence electrons. The molecule has 2 N–H and O–H groups in total. The van der Waals surface area contributed by atoms with E-state index in [2.05, 4.69) is 41.8 Å². The molecule has 1 amide bonds. The molecular formula is C43H45N7O4S. The molecule has 4 heterocycles. The average Bonchev–Trinajstić information content (AvgIpc) is 3.70. The van der Waals surface area contributed by atoms with Crippen molar-refractivity contribution >= 4 is 44.4 Å². The van der Waals surface area contributed by atoms with Crippen LogP contribution in [0.4, 0.5) is 10.9 Å². The number of carboxylic acid groups (broad SMARTS) is 1. The van der Waals surface area contributed by atoms with E-state index in [1.54, 1.807) is 18.3 Å². The molecule has 0 radical (unpaired) electrons. The highest BCUT2D eigenvalue weighted by molar-refractivity contribution is 7.22. The summed E-state index contributed by atoms with van der Waals surface area (Å²) >= 11 is 1.40. The second-order valence-electron chi connectivity index (χ2n) is 17.3. The molecule has 2 unspecified atom stereocenters. The lowest BCUT2D eigenvalue weighted by molar-refractivity contribution is -0.246. The van der Waals surface area contributed by atoms with Crippen LogP contribution >= 0.6 is 11.3 Å². The summed E-state index contributed by atoms with van der Waals surface area (Å²) in [4.78, 5) is 37.8. The number of benzene rings is 2. The molecule has 2 aromatic carbocycles. The van der Waals surface area contributed by atoms with E-state index in [1.807, 2.05) is 48.2 Å². The predicted molar refractivity (Wildman–Crippen MR) is 211 cm³/mol. The lowest BCUT2D eigenvalue weighted by Gasteiger charge is -2.69. The van der Waals surface area contributed by atoms with Crippen molar-refractivity contribution in [1.82, 2.24) is 19.7 Å². The summed E-state index contributed by atoms with van der Waals surface area (Å²) < 4.78 is 9.64. The first kappa shape index (κ1) is 35.6. The van der Waals surface area contributed by atoms with Crippen LogP contribution in [-0.2, 0) is 24.2 Å². The molecule has 4 fully saturated rings. The number of fused-ring (bicyclic) bond motifs is 2. The minimum Gasteiger partial charge on any atom is -0.476 e. The molecule has 10 rings (SSSR count). The first-order valence-electron chi connectivity index (χ1n) is 19.2. The van der Waals surface area contributed by atoms with Crippen LogP contribution in [0.3, 0.4) is 0 Å². The van der Waals surface area contributed by atoms with Crippen molar-refractivity contribution in [3.63, 3.8) is 0 Å². The van der Waals surface area contributed by atoms with Crippen LogP contribution in [0.1, 0.15) is 103 Å². The Morgan fingerprint density at radius 3 is 2.49 bits per heavy atom. The lowest BCUT2D eigenvalue weighted by Crippen LogP contribution is -2.64. The van der Waals surface area contributed by atoms with Gasteiger partial charge in [0.25, 0.3) is 5.91 Å². The van der Waals surface area contributed by atoms with Crippen molar-refractivity contribution in [3.05, 3.63) is 88.4 Å². The van der Waals surface area contributed by atoms with Crippen molar-refractivity contribution < 1.29 is 19.4 Å². The molecule has 4 aliphatic carbocycles. The number of nitrogens with one attached hydrogen (secondary N) is 1. The average molecular weight is 756 g/mol. The van der Waals surface area contributed by atoms with E-state index in [0.717, 1.165) is 77.9 Å². The van der Waals surface area contributed by atoms with Crippen molar-refractivity contribution in [2.45, 2.75) is 91.3 Å². The molecule has 55 heavy (non-hydrogen) atoms. The van der Waals surface area contributed by atoms with Gasteiger partial charge in [-0.1, -0.05) is 37.3 Å². The first-order valence-corrected chi connectivity index (χ1v) is 20.0. The molecule has 4 saturated carbocycles. The normalized spacial score (nSPS) is 26.6. The molecule has 3 aromatic heterocycles. The SMILES string of the molecule is CCOC12CC3(C)CC(C)(CC(Cn4ncc(-c5ccc(N6CCc7c(C#N)ccc(C(=O)Nc8nc9ccccc9s8)c7C6)nc5C(=O)O)c4C)(C3)C1)C2. The Labute approximate surface area is 324 Å². The van der Waals surface area contributed by atoms with Crippen LogP contribution < -0.4 is 10.2 Å². The maximum absolute atomic E-state index is 13.7. The number of hydrogen-bond donors (Lipinski definition) is 2. The summed E-state index contributed by atoms with van der Waals surface area (Å²) in [5.41, 5.74) is 5.96. The number of aromatic carboxylic acids is 1. The van der Waals surface area contributed by atoms with Crippen LogP contribution in [0, 0.1) is 34.5 Å². The lowest BCUT2D eigenvalue weighted by atomic mass is 9.39. The molecular weight excluding hydrogens is 711 g/mol. The number of rotatable bonds is 9. The zero-order chi connectivity index (χ0) is 38.3. The standard InChI is InChI=1S/C43H45N7O4S/c1-5-54-43-22-40(3)19-41(4,23-43)21-42(20-40,24-43)25-50-26(2)31(17-45-50)29-12-13-35(47-36(29)38(52)53)49-15-14-28-27(16-44)10-11-30(32(28)18-49)37(51)48-39-46-33-8-6-7-9-34(33)55-39/h6-13,17H,5,14-15,18-25H2,1-4H3,(H,52,53)(H,46,48,51). The molecule has 0 spiro atoms. The topological polar surface area (TPSA) is 146 Å². The first-order chi connectivity index (χ1) is 26.3. The van der Waals surface area contributed by atoms with Gasteiger partial charge in [0.1, 0.15) is 5.82 Å². The van der Waals surface area contributed by atoms with Crippen molar-refractivity contribution in [1.29, 1.82) is 5.26 Å². The number of nitriles is 1. The number of para-hydroxylation sites is 1. The van der Waals surface area contributed by atoms with Crippen LogP contribution in [0.2, 0.25) is 0 Å². The number of carbonyl (C=O) groups excluding carboxylic acids is 1. The molecule has 11 nitrogen and oxygen atoms in total. The predicted octanol–water partition coefficient (Wildman–Crippen LogP) is 8.40. The van der Waals surface area contributed by atoms with E-state index in [1.165, 1.54) is 17.8 Å². The fourth-order valence-corrected chi connectivity index (χ4v) is 12.8. The Morgan fingerprint density at radius 2 is 1.76 bits per heavy atom. The molecule has 4 bridgehead atoms. The highest BCUT2D eigenvalue weighted by atomic mass is 32.1. The quantitative estimate of drug-likeness (QED) is 0.151. The van der Waals surface area contributed by atoms with E-state index < -0.39 is 5.97 Å². The number of nitrogens with zero attached hydrogens (tertiary/aromatic N) is 6. The molecule has 12 heteroatoms. The fraction of sp³-hybridized carbons (Fsp3) is 0.442. The summed E-state index contributed by atoms with van der Waals surface area (Å²) in [6.07, 6.45) is 9.10. The van der Waals surface area contributed by atoms with Gasteiger partial charge in [-0.25, -0.2) is 14.8 Å². The monoisotopic (exact) mass is 755 g/mol. The number of carboxylic acids is 1. The number of ether oxygens (including phenoxy) is 1. The second-order valence-corrected chi connectivity index (χ2v) is 18.3. The van der Waals surface area contributed by atoms with E-state index in [4.69, 9.17) is 14.8 Å². The van der Waals surface area contributed by atoms with Gasteiger partial charge in [0.15, 0.2) is 10.8 Å². The number of carbonyl (C=O) groups is 2. The van der Waals surface area contributed by atoms with Gasteiger partial charge in [-0.15, -0.1) is 0 Å². The number of amides is 1. The summed E-state index contributed by atoms with van der Waals surface area (Å²) in [7, 11) is 0. The maximum atomic E-state index is 13.7. The summed E-state index contributed by atoms with van der Waals surface area (Å²) in [5, 5.41) is 28.8. The Bertz CT molecular complexity index is 2390. The van der Waals surface area contributed by atoms with Crippen molar-refractivity contribution in [2.75, 3.05) is 23.4 Å². The highest BCUT2D eigenvalue weighted by Crippen LogP contribution is 2.72. The Hall–Kier alpha value is -5.12. The zero-order valence-corrected chi connectivity index (χ0v) is 32.6. The van der Waals surface area contributed by atoms with Gasteiger partial charge in [-0.3, -0.25) is 14.8 Å². The Balaban J connectivity index is 0.994. The molecule has 5 aliphatic rings. The summed E-state index contributed by atoms with van der Waals surface area (Å²) in [6.45, 7) is 11.3. The van der Waals surface area contributed by atoms with Gasteiger partial charge in [0, 0.05) is 48.6 Å².